The third kappa shape index (κ3) is 2.68. The van der Waals surface area contributed by atoms with Crippen molar-refractivity contribution in [2.45, 2.75) is 19.4 Å². The summed E-state index contributed by atoms with van der Waals surface area (Å²) in [5, 5.41) is 19.4. The van der Waals surface area contributed by atoms with E-state index >= 15 is 0 Å². The Labute approximate surface area is 110 Å². The normalized spacial score (nSPS) is 11.6. The number of ether oxygens (including phenoxy) is 1. The van der Waals surface area contributed by atoms with Crippen LogP contribution in [0.5, 0.6) is 5.75 Å². The van der Waals surface area contributed by atoms with Crippen LogP contribution >= 0.6 is 0 Å². The highest BCUT2D eigenvalue weighted by Gasteiger charge is 2.23. The number of nitrogens with one attached hydrogen (secondary N) is 2. The van der Waals surface area contributed by atoms with E-state index in [0.717, 1.165) is 5.52 Å². The molecule has 0 fully saturated rings. The van der Waals surface area contributed by atoms with Gasteiger partial charge in [0.05, 0.1) is 24.8 Å². The number of amides is 1. The summed E-state index contributed by atoms with van der Waals surface area (Å²) in [7, 11) is 1.58. The molecule has 6 heteroatoms. The van der Waals surface area contributed by atoms with Crippen LogP contribution in [-0.4, -0.2) is 40.5 Å². The first-order chi connectivity index (χ1) is 8.96. The van der Waals surface area contributed by atoms with Gasteiger partial charge in [0.1, 0.15) is 5.75 Å². The minimum absolute atomic E-state index is 0.144. The van der Waals surface area contributed by atoms with Gasteiger partial charge in [-0.1, -0.05) is 0 Å². The molecule has 102 valence electrons. The molecule has 1 amide bonds. The fraction of sp³-hybridized carbons (Fsp3) is 0.385. The molecule has 19 heavy (non-hydrogen) atoms. The minimum atomic E-state index is -0.686. The van der Waals surface area contributed by atoms with E-state index in [9.17, 15) is 4.79 Å². The van der Waals surface area contributed by atoms with Crippen LogP contribution in [-0.2, 0) is 0 Å². The van der Waals surface area contributed by atoms with Crippen LogP contribution in [0.15, 0.2) is 18.2 Å². The zero-order valence-corrected chi connectivity index (χ0v) is 11.2. The SMILES string of the molecule is COc1ccc2c(C(=O)NC(C)(C)CO)n[nH]c2c1. The van der Waals surface area contributed by atoms with E-state index in [2.05, 4.69) is 15.5 Å². The molecular formula is C13H17N3O3. The fourth-order valence-corrected chi connectivity index (χ4v) is 1.70. The summed E-state index contributed by atoms with van der Waals surface area (Å²) in [5.41, 5.74) is 0.347. The van der Waals surface area contributed by atoms with Gasteiger partial charge in [0.15, 0.2) is 5.69 Å². The van der Waals surface area contributed by atoms with Crippen molar-refractivity contribution in [2.75, 3.05) is 13.7 Å². The molecule has 3 N–H and O–H groups in total. The highest BCUT2D eigenvalue weighted by molar-refractivity contribution is 6.05. The second-order valence-electron chi connectivity index (χ2n) is 4.98. The number of carbonyl (C=O) groups is 1. The largest absolute Gasteiger partial charge is 0.497 e. The van der Waals surface area contributed by atoms with Gasteiger partial charge in [0.25, 0.3) is 5.91 Å². The number of fused-ring (bicyclic) bond motifs is 1. The number of nitrogens with zero attached hydrogens (tertiary/aromatic N) is 1. The van der Waals surface area contributed by atoms with Crippen molar-refractivity contribution in [2.24, 2.45) is 0 Å². The number of hydrogen-bond acceptors (Lipinski definition) is 4. The first-order valence-corrected chi connectivity index (χ1v) is 5.92. The number of benzene rings is 1. The average Bonchev–Trinajstić information content (AvgIpc) is 2.81. The number of methoxy groups -OCH3 is 1. The van der Waals surface area contributed by atoms with Crippen LogP contribution in [0.4, 0.5) is 0 Å². The van der Waals surface area contributed by atoms with E-state index in [1.54, 1.807) is 39.2 Å². The maximum absolute atomic E-state index is 12.1. The van der Waals surface area contributed by atoms with Gasteiger partial charge in [0, 0.05) is 11.5 Å². The predicted molar refractivity (Wildman–Crippen MR) is 71.3 cm³/mol. The van der Waals surface area contributed by atoms with E-state index in [1.807, 2.05) is 0 Å². The summed E-state index contributed by atoms with van der Waals surface area (Å²) in [6, 6.07) is 5.32. The Balaban J connectivity index is 2.33. The lowest BCUT2D eigenvalue weighted by Crippen LogP contribution is -2.46. The number of aromatic nitrogens is 2. The van der Waals surface area contributed by atoms with Gasteiger partial charge in [-0.15, -0.1) is 0 Å². The Hall–Kier alpha value is -2.08. The Bertz CT molecular complexity index is 604. The summed E-state index contributed by atoms with van der Waals surface area (Å²) in [6.07, 6.45) is 0. The third-order valence-electron chi connectivity index (χ3n) is 2.83. The number of aliphatic hydroxyl groups excluding tert-OH is 1. The van der Waals surface area contributed by atoms with E-state index in [1.165, 1.54) is 0 Å². The molecular weight excluding hydrogens is 246 g/mol. The molecule has 6 nitrogen and oxygen atoms in total. The molecule has 2 rings (SSSR count). The Morgan fingerprint density at radius 2 is 2.26 bits per heavy atom. The molecule has 1 aromatic carbocycles. The van der Waals surface area contributed by atoms with Crippen LogP contribution in [0, 0.1) is 0 Å². The Morgan fingerprint density at radius 1 is 1.53 bits per heavy atom. The molecule has 0 aliphatic heterocycles. The summed E-state index contributed by atoms with van der Waals surface area (Å²) in [6.45, 7) is 3.33. The maximum Gasteiger partial charge on any atom is 0.272 e. The second-order valence-corrected chi connectivity index (χ2v) is 4.98. The monoisotopic (exact) mass is 263 g/mol. The van der Waals surface area contributed by atoms with Gasteiger partial charge >= 0.3 is 0 Å². The zero-order valence-electron chi connectivity index (χ0n) is 11.2. The van der Waals surface area contributed by atoms with Crippen LogP contribution < -0.4 is 10.1 Å². The molecule has 0 saturated carbocycles. The third-order valence-corrected chi connectivity index (χ3v) is 2.83. The number of aliphatic hydroxyl groups is 1. The molecule has 0 saturated heterocycles. The lowest BCUT2D eigenvalue weighted by molar-refractivity contribution is 0.0866. The van der Waals surface area contributed by atoms with Crippen LogP contribution in [0.25, 0.3) is 10.9 Å². The molecule has 0 atom stereocenters. The molecule has 0 aliphatic carbocycles. The summed E-state index contributed by atoms with van der Waals surface area (Å²) in [5.74, 6) is 0.370. The summed E-state index contributed by atoms with van der Waals surface area (Å²) >= 11 is 0. The molecule has 0 unspecified atom stereocenters. The fourth-order valence-electron chi connectivity index (χ4n) is 1.70. The van der Waals surface area contributed by atoms with Crippen molar-refractivity contribution in [1.29, 1.82) is 0 Å². The van der Waals surface area contributed by atoms with E-state index in [4.69, 9.17) is 9.84 Å². The smallest absolute Gasteiger partial charge is 0.272 e. The minimum Gasteiger partial charge on any atom is -0.497 e. The van der Waals surface area contributed by atoms with Gasteiger partial charge in [-0.3, -0.25) is 9.89 Å². The van der Waals surface area contributed by atoms with Crippen molar-refractivity contribution >= 4 is 16.8 Å². The summed E-state index contributed by atoms with van der Waals surface area (Å²) < 4.78 is 5.11. The van der Waals surface area contributed by atoms with Gasteiger partial charge < -0.3 is 15.2 Å². The lowest BCUT2D eigenvalue weighted by Gasteiger charge is -2.22. The number of aromatic amines is 1. The number of rotatable bonds is 4. The Morgan fingerprint density at radius 3 is 2.89 bits per heavy atom. The second kappa shape index (κ2) is 4.89. The maximum atomic E-state index is 12.1. The van der Waals surface area contributed by atoms with Crippen molar-refractivity contribution in [3.63, 3.8) is 0 Å². The summed E-state index contributed by atoms with van der Waals surface area (Å²) in [4.78, 5) is 12.1. The van der Waals surface area contributed by atoms with Crippen LogP contribution in [0.3, 0.4) is 0 Å². The van der Waals surface area contributed by atoms with Crippen molar-refractivity contribution in [3.8, 4) is 5.75 Å². The quantitative estimate of drug-likeness (QED) is 0.770. The average molecular weight is 263 g/mol. The van der Waals surface area contributed by atoms with Crippen LogP contribution in [0.1, 0.15) is 24.3 Å². The van der Waals surface area contributed by atoms with Crippen molar-refractivity contribution in [3.05, 3.63) is 23.9 Å². The number of carbonyl (C=O) groups excluding carboxylic acids is 1. The van der Waals surface area contributed by atoms with Crippen LogP contribution in [0.2, 0.25) is 0 Å². The molecule has 2 aromatic rings. The van der Waals surface area contributed by atoms with E-state index in [-0.39, 0.29) is 12.5 Å². The van der Waals surface area contributed by atoms with E-state index in [0.29, 0.717) is 16.8 Å². The first-order valence-electron chi connectivity index (χ1n) is 5.92. The molecule has 1 heterocycles. The number of hydrogen-bond donors (Lipinski definition) is 3. The first kappa shape index (κ1) is 13.4. The van der Waals surface area contributed by atoms with Crippen molar-refractivity contribution in [1.82, 2.24) is 15.5 Å². The van der Waals surface area contributed by atoms with E-state index < -0.39 is 5.54 Å². The standard InChI is InChI=1S/C13H17N3O3/c1-13(2,7-17)14-12(18)11-9-5-4-8(19-3)6-10(9)15-16-11/h4-6,17H,7H2,1-3H3,(H,14,18)(H,15,16). The number of H-pyrrole nitrogens is 1. The lowest BCUT2D eigenvalue weighted by atomic mass is 10.1. The highest BCUT2D eigenvalue weighted by Crippen LogP contribution is 2.21. The van der Waals surface area contributed by atoms with Gasteiger partial charge in [-0.25, -0.2) is 0 Å². The molecule has 0 radical (unpaired) electrons. The van der Waals surface area contributed by atoms with Gasteiger partial charge in [-0.2, -0.15) is 5.10 Å². The molecule has 0 aliphatic rings. The molecule has 1 aromatic heterocycles. The Kier molecular flexibility index (Phi) is 3.44. The highest BCUT2D eigenvalue weighted by atomic mass is 16.5. The van der Waals surface area contributed by atoms with Gasteiger partial charge in [-0.05, 0) is 26.0 Å². The topological polar surface area (TPSA) is 87.2 Å². The molecule has 0 bridgehead atoms. The molecule has 0 spiro atoms. The van der Waals surface area contributed by atoms with Crippen molar-refractivity contribution < 1.29 is 14.6 Å². The predicted octanol–water partition coefficient (Wildman–Crippen LogP) is 1.07. The zero-order chi connectivity index (χ0) is 14.0. The van der Waals surface area contributed by atoms with Gasteiger partial charge in [0.2, 0.25) is 0 Å².